The van der Waals surface area contributed by atoms with Crippen LogP contribution in [-0.4, -0.2) is 45.0 Å². The first-order valence-electron chi connectivity index (χ1n) is 9.21. The van der Waals surface area contributed by atoms with Gasteiger partial charge in [0.1, 0.15) is 11.3 Å². The molecule has 1 fully saturated rings. The van der Waals surface area contributed by atoms with Gasteiger partial charge in [0.05, 0.1) is 17.7 Å². The second-order valence-electron chi connectivity index (χ2n) is 6.80. The summed E-state index contributed by atoms with van der Waals surface area (Å²) in [7, 11) is 1.48. The van der Waals surface area contributed by atoms with Crippen molar-refractivity contribution in [2.75, 3.05) is 13.7 Å². The Morgan fingerprint density at radius 1 is 1.29 bits per heavy atom. The average Bonchev–Trinajstić information content (AvgIpc) is 3.00. The zero-order chi connectivity index (χ0) is 22.9. The van der Waals surface area contributed by atoms with Crippen LogP contribution < -0.4 is 10.1 Å². The number of carbonyl (C=O) groups is 2. The lowest BCUT2D eigenvalue weighted by molar-refractivity contribution is -0.384. The number of benzene rings is 1. The number of hydrogen-bond acceptors (Lipinski definition) is 6. The van der Waals surface area contributed by atoms with Gasteiger partial charge in [0, 0.05) is 30.1 Å². The van der Waals surface area contributed by atoms with Gasteiger partial charge < -0.3 is 9.30 Å². The summed E-state index contributed by atoms with van der Waals surface area (Å²) < 4.78 is 7.16. The van der Waals surface area contributed by atoms with Crippen LogP contribution in [0.4, 0.5) is 5.69 Å². The highest BCUT2D eigenvalue weighted by Gasteiger charge is 2.33. The van der Waals surface area contributed by atoms with Crippen LogP contribution >= 0.6 is 12.2 Å². The van der Waals surface area contributed by atoms with Gasteiger partial charge in [0.25, 0.3) is 17.5 Å². The molecule has 160 valence electrons. The number of carbonyl (C=O) groups excluding carboxylic acids is 2. The predicted molar refractivity (Wildman–Crippen MR) is 119 cm³/mol. The molecule has 1 aliphatic heterocycles. The zero-order valence-corrected chi connectivity index (χ0v) is 18.0. The Morgan fingerprint density at radius 3 is 2.61 bits per heavy atom. The molecule has 0 atom stereocenters. The van der Waals surface area contributed by atoms with Gasteiger partial charge in [0.2, 0.25) is 0 Å². The standard InChI is InChI=1S/C21H20N4O5S/c1-5-8-23-20(27)16(19(26)22-21(23)31)10-14-9-12(2)24(13(14)3)17-11-15(25(28)29)6-7-18(17)30-4/h5-7,9-11H,1,8H2,2-4H3,(H,22,26,31)/b16-10+. The summed E-state index contributed by atoms with van der Waals surface area (Å²) in [6.45, 7) is 7.37. The van der Waals surface area contributed by atoms with E-state index in [-0.39, 0.29) is 22.9 Å². The molecule has 2 heterocycles. The van der Waals surface area contributed by atoms with Crippen LogP contribution in [-0.2, 0) is 9.59 Å². The Kier molecular flexibility index (Phi) is 6.02. The van der Waals surface area contributed by atoms with Gasteiger partial charge in [-0.05, 0) is 49.8 Å². The molecule has 3 rings (SSSR count). The lowest BCUT2D eigenvalue weighted by Gasteiger charge is -2.27. The minimum absolute atomic E-state index is 0.0267. The van der Waals surface area contributed by atoms with Crippen molar-refractivity contribution in [2.45, 2.75) is 13.8 Å². The number of rotatable bonds is 6. The Hall–Kier alpha value is -3.79. The SMILES string of the molecule is C=CCN1C(=O)/C(=C/c2cc(C)n(-c3cc([N+](=O)[O-])ccc3OC)c2C)C(=O)NC1=S. The Balaban J connectivity index is 2.13. The Labute approximate surface area is 183 Å². The van der Waals surface area contributed by atoms with Crippen LogP contribution in [0.2, 0.25) is 0 Å². The van der Waals surface area contributed by atoms with Crippen molar-refractivity contribution < 1.29 is 19.2 Å². The zero-order valence-electron chi connectivity index (χ0n) is 17.2. The maximum atomic E-state index is 12.8. The monoisotopic (exact) mass is 440 g/mol. The molecule has 2 amide bonds. The molecule has 0 saturated carbocycles. The molecule has 2 aromatic rings. The molecular weight excluding hydrogens is 420 g/mol. The van der Waals surface area contributed by atoms with Gasteiger partial charge in [-0.15, -0.1) is 6.58 Å². The number of non-ortho nitro benzene ring substituents is 1. The number of nitrogens with one attached hydrogen (secondary N) is 1. The fraction of sp³-hybridized carbons (Fsp3) is 0.190. The third kappa shape index (κ3) is 3.97. The summed E-state index contributed by atoms with van der Waals surface area (Å²) in [6.07, 6.45) is 3.00. The fourth-order valence-electron chi connectivity index (χ4n) is 3.42. The molecule has 0 aliphatic carbocycles. The molecule has 1 aromatic heterocycles. The molecule has 9 nitrogen and oxygen atoms in total. The van der Waals surface area contributed by atoms with Crippen molar-refractivity contribution in [1.82, 2.24) is 14.8 Å². The third-order valence-electron chi connectivity index (χ3n) is 4.88. The molecule has 1 N–H and O–H groups in total. The van der Waals surface area contributed by atoms with Crippen LogP contribution in [0.1, 0.15) is 17.0 Å². The lowest BCUT2D eigenvalue weighted by Crippen LogP contribution is -2.53. The van der Waals surface area contributed by atoms with E-state index in [1.165, 1.54) is 42.4 Å². The molecular formula is C21H20N4O5S. The largest absolute Gasteiger partial charge is 0.495 e. The Morgan fingerprint density at radius 2 is 2.00 bits per heavy atom. The highest BCUT2D eigenvalue weighted by Crippen LogP contribution is 2.32. The number of aryl methyl sites for hydroxylation is 1. The number of nitro groups is 1. The van der Waals surface area contributed by atoms with E-state index in [1.54, 1.807) is 17.6 Å². The number of ether oxygens (including phenoxy) is 1. The van der Waals surface area contributed by atoms with E-state index >= 15 is 0 Å². The van der Waals surface area contributed by atoms with Crippen LogP contribution in [0.5, 0.6) is 5.75 Å². The van der Waals surface area contributed by atoms with Gasteiger partial charge >= 0.3 is 0 Å². The number of methoxy groups -OCH3 is 1. The molecule has 0 unspecified atom stereocenters. The Bertz CT molecular complexity index is 1160. The van der Waals surface area contributed by atoms with Crippen molar-refractivity contribution >= 4 is 40.9 Å². The molecule has 31 heavy (non-hydrogen) atoms. The maximum Gasteiger partial charge on any atom is 0.271 e. The minimum Gasteiger partial charge on any atom is -0.495 e. The number of hydrogen-bond donors (Lipinski definition) is 1. The molecule has 10 heteroatoms. The number of thiocarbonyl (C=S) groups is 1. The topological polar surface area (TPSA) is 107 Å². The van der Waals surface area contributed by atoms with Crippen molar-refractivity contribution in [3.63, 3.8) is 0 Å². The first-order valence-corrected chi connectivity index (χ1v) is 9.62. The summed E-state index contributed by atoms with van der Waals surface area (Å²) in [6, 6.07) is 6.09. The third-order valence-corrected chi connectivity index (χ3v) is 5.20. The molecule has 0 spiro atoms. The van der Waals surface area contributed by atoms with E-state index in [9.17, 15) is 19.7 Å². The lowest BCUT2D eigenvalue weighted by atomic mass is 10.1. The minimum atomic E-state index is -0.590. The summed E-state index contributed by atoms with van der Waals surface area (Å²) >= 11 is 5.06. The predicted octanol–water partition coefficient (Wildman–Crippen LogP) is 2.82. The van der Waals surface area contributed by atoms with Gasteiger partial charge in [-0.2, -0.15) is 0 Å². The molecule has 0 radical (unpaired) electrons. The highest BCUT2D eigenvalue weighted by atomic mass is 32.1. The number of aromatic nitrogens is 1. The number of nitro benzene ring substituents is 1. The van der Waals surface area contributed by atoms with Crippen LogP contribution in [0.3, 0.4) is 0 Å². The normalized spacial score (nSPS) is 15.3. The second kappa shape index (κ2) is 8.52. The molecule has 1 aromatic carbocycles. The maximum absolute atomic E-state index is 12.8. The van der Waals surface area contributed by atoms with E-state index in [0.29, 0.717) is 22.7 Å². The van der Waals surface area contributed by atoms with E-state index in [2.05, 4.69) is 11.9 Å². The van der Waals surface area contributed by atoms with Gasteiger partial charge in [0.15, 0.2) is 5.11 Å². The number of nitrogens with zero attached hydrogens (tertiary/aromatic N) is 3. The van der Waals surface area contributed by atoms with Gasteiger partial charge in [-0.25, -0.2) is 0 Å². The van der Waals surface area contributed by atoms with E-state index < -0.39 is 16.7 Å². The molecule has 0 bridgehead atoms. The highest BCUT2D eigenvalue weighted by molar-refractivity contribution is 7.80. The summed E-state index contributed by atoms with van der Waals surface area (Å²) in [5.74, 6) is -0.667. The first kappa shape index (κ1) is 21.9. The van der Waals surface area contributed by atoms with Gasteiger partial charge in [-0.1, -0.05) is 6.08 Å². The van der Waals surface area contributed by atoms with Crippen LogP contribution in [0, 0.1) is 24.0 Å². The van der Waals surface area contributed by atoms with Gasteiger partial charge in [-0.3, -0.25) is 29.9 Å². The summed E-state index contributed by atoms with van der Waals surface area (Å²) in [5, 5.41) is 13.8. The van der Waals surface area contributed by atoms with Crippen LogP contribution in [0.25, 0.3) is 11.8 Å². The van der Waals surface area contributed by atoms with Crippen molar-refractivity contribution in [2.24, 2.45) is 0 Å². The van der Waals surface area contributed by atoms with Crippen molar-refractivity contribution in [3.05, 3.63) is 69.6 Å². The second-order valence-corrected chi connectivity index (χ2v) is 7.18. The quantitative estimate of drug-likeness (QED) is 0.185. The van der Waals surface area contributed by atoms with Crippen molar-refractivity contribution in [1.29, 1.82) is 0 Å². The van der Waals surface area contributed by atoms with E-state index in [1.807, 2.05) is 6.92 Å². The average molecular weight is 440 g/mol. The first-order chi connectivity index (χ1) is 14.7. The fourth-order valence-corrected chi connectivity index (χ4v) is 3.67. The summed E-state index contributed by atoms with van der Waals surface area (Å²) in [4.78, 5) is 37.2. The van der Waals surface area contributed by atoms with E-state index in [0.717, 1.165) is 5.69 Å². The summed E-state index contributed by atoms with van der Waals surface area (Å²) in [5.41, 5.74) is 2.35. The van der Waals surface area contributed by atoms with Crippen LogP contribution in [0.15, 0.2) is 42.5 Å². The molecule has 1 aliphatic rings. The van der Waals surface area contributed by atoms with Crippen molar-refractivity contribution in [3.8, 4) is 11.4 Å². The molecule has 1 saturated heterocycles. The van der Waals surface area contributed by atoms with E-state index in [4.69, 9.17) is 17.0 Å². The number of amides is 2. The smallest absolute Gasteiger partial charge is 0.271 e.